The van der Waals surface area contributed by atoms with Gasteiger partial charge in [0.2, 0.25) is 5.82 Å². The number of ether oxygens (including phenoxy) is 1. The topological polar surface area (TPSA) is 9.23 Å². The van der Waals surface area contributed by atoms with Gasteiger partial charge in [0.25, 0.3) is 0 Å². The van der Waals surface area contributed by atoms with Gasteiger partial charge in [0, 0.05) is 0 Å². The van der Waals surface area contributed by atoms with E-state index in [-0.39, 0.29) is 11.7 Å². The van der Waals surface area contributed by atoms with Gasteiger partial charge in [-0.25, -0.2) is 4.39 Å². The average molecular weight is 322 g/mol. The van der Waals surface area contributed by atoms with E-state index in [1.54, 1.807) is 12.1 Å². The molecular formula is C20H28F2O. The van der Waals surface area contributed by atoms with Gasteiger partial charge in [-0.3, -0.25) is 0 Å². The van der Waals surface area contributed by atoms with Crippen LogP contribution in [0.4, 0.5) is 8.78 Å². The Kier molecular flexibility index (Phi) is 5.23. The molecule has 0 saturated heterocycles. The first kappa shape index (κ1) is 16.7. The van der Waals surface area contributed by atoms with Crippen LogP contribution in [0.25, 0.3) is 0 Å². The summed E-state index contributed by atoms with van der Waals surface area (Å²) in [6.45, 7) is 2.24. The summed E-state index contributed by atoms with van der Waals surface area (Å²) in [6, 6.07) is 3.32. The van der Waals surface area contributed by atoms with Gasteiger partial charge in [0.1, 0.15) is 0 Å². The highest BCUT2D eigenvalue weighted by Gasteiger charge is 2.45. The van der Waals surface area contributed by atoms with Gasteiger partial charge >= 0.3 is 0 Å². The Morgan fingerprint density at radius 1 is 1.00 bits per heavy atom. The predicted molar refractivity (Wildman–Crippen MR) is 88.7 cm³/mol. The fourth-order valence-electron chi connectivity index (χ4n) is 5.11. The van der Waals surface area contributed by atoms with Crippen LogP contribution in [-0.4, -0.2) is 7.11 Å². The van der Waals surface area contributed by atoms with Gasteiger partial charge in [-0.15, -0.1) is 0 Å². The Balaban J connectivity index is 1.73. The molecule has 2 saturated carbocycles. The standard InChI is InChI=1S/C20H28F2O/c1-3-4-5-6-13-7-8-15-14(13)9-10-16(15)17-11-12-18(23-2)20(22)19(17)21/h11-16H,3-10H2,1-2H3. The number of halogens is 2. The molecule has 128 valence electrons. The summed E-state index contributed by atoms with van der Waals surface area (Å²) in [4.78, 5) is 0. The Morgan fingerprint density at radius 3 is 2.52 bits per heavy atom. The van der Waals surface area contributed by atoms with E-state index < -0.39 is 11.6 Å². The Bertz CT molecular complexity index is 543. The molecule has 4 atom stereocenters. The van der Waals surface area contributed by atoms with Crippen LogP contribution < -0.4 is 4.74 Å². The zero-order valence-corrected chi connectivity index (χ0v) is 14.3. The van der Waals surface area contributed by atoms with Gasteiger partial charge in [0.05, 0.1) is 7.11 Å². The van der Waals surface area contributed by atoms with Crippen LogP contribution in [0.2, 0.25) is 0 Å². The van der Waals surface area contributed by atoms with Gasteiger partial charge in [0.15, 0.2) is 11.6 Å². The van der Waals surface area contributed by atoms with Crippen molar-refractivity contribution in [3.05, 3.63) is 29.3 Å². The quantitative estimate of drug-likeness (QED) is 0.577. The number of rotatable bonds is 6. The number of methoxy groups -OCH3 is 1. The maximum Gasteiger partial charge on any atom is 0.200 e. The summed E-state index contributed by atoms with van der Waals surface area (Å²) in [7, 11) is 1.38. The van der Waals surface area contributed by atoms with Crippen molar-refractivity contribution in [3.8, 4) is 5.75 Å². The minimum Gasteiger partial charge on any atom is -0.494 e. The molecule has 0 bridgehead atoms. The second kappa shape index (κ2) is 7.19. The smallest absolute Gasteiger partial charge is 0.200 e. The van der Waals surface area contributed by atoms with Crippen LogP contribution in [0.3, 0.4) is 0 Å². The lowest BCUT2D eigenvalue weighted by molar-refractivity contribution is 0.316. The molecule has 2 aliphatic rings. The summed E-state index contributed by atoms with van der Waals surface area (Å²) in [5.41, 5.74) is 0.574. The van der Waals surface area contributed by atoms with Crippen LogP contribution in [0, 0.1) is 29.4 Å². The molecule has 3 rings (SSSR count). The fourth-order valence-corrected chi connectivity index (χ4v) is 5.11. The molecule has 0 heterocycles. The predicted octanol–water partition coefficient (Wildman–Crippen LogP) is 6.07. The van der Waals surface area contributed by atoms with E-state index in [1.807, 2.05) is 0 Å². The van der Waals surface area contributed by atoms with E-state index in [9.17, 15) is 8.78 Å². The lowest BCUT2D eigenvalue weighted by Gasteiger charge is -2.22. The minimum absolute atomic E-state index is 0.00432. The lowest BCUT2D eigenvalue weighted by Crippen LogP contribution is -2.13. The van der Waals surface area contributed by atoms with Crippen molar-refractivity contribution in [2.24, 2.45) is 17.8 Å². The highest BCUT2D eigenvalue weighted by molar-refractivity contribution is 5.34. The molecule has 2 aliphatic carbocycles. The Hall–Kier alpha value is -1.12. The maximum atomic E-state index is 14.4. The van der Waals surface area contributed by atoms with Crippen LogP contribution >= 0.6 is 0 Å². The van der Waals surface area contributed by atoms with Crippen molar-refractivity contribution in [2.75, 3.05) is 7.11 Å². The first-order valence-electron chi connectivity index (χ1n) is 9.19. The molecule has 0 aliphatic heterocycles. The van der Waals surface area contributed by atoms with Crippen LogP contribution in [0.5, 0.6) is 5.75 Å². The van der Waals surface area contributed by atoms with Crippen molar-refractivity contribution in [3.63, 3.8) is 0 Å². The van der Waals surface area contributed by atoms with Crippen LogP contribution in [-0.2, 0) is 0 Å². The number of unbranched alkanes of at least 4 members (excludes halogenated alkanes) is 2. The summed E-state index contributed by atoms with van der Waals surface area (Å²) in [5.74, 6) is 0.754. The molecule has 0 aromatic heterocycles. The third-order valence-corrected chi connectivity index (χ3v) is 6.23. The minimum atomic E-state index is -0.828. The van der Waals surface area contributed by atoms with E-state index >= 15 is 0 Å². The van der Waals surface area contributed by atoms with Gasteiger partial charge < -0.3 is 4.74 Å². The fraction of sp³-hybridized carbons (Fsp3) is 0.700. The molecule has 2 fully saturated rings. The Morgan fingerprint density at radius 2 is 1.78 bits per heavy atom. The zero-order valence-electron chi connectivity index (χ0n) is 14.3. The van der Waals surface area contributed by atoms with E-state index in [4.69, 9.17) is 4.74 Å². The summed E-state index contributed by atoms with van der Waals surface area (Å²) in [5, 5.41) is 0. The van der Waals surface area contributed by atoms with Crippen molar-refractivity contribution in [1.82, 2.24) is 0 Å². The van der Waals surface area contributed by atoms with Gasteiger partial charge in [-0.2, -0.15) is 4.39 Å². The monoisotopic (exact) mass is 322 g/mol. The first-order chi connectivity index (χ1) is 11.2. The lowest BCUT2D eigenvalue weighted by atomic mass is 9.83. The third kappa shape index (κ3) is 3.12. The van der Waals surface area contributed by atoms with Crippen molar-refractivity contribution in [2.45, 2.75) is 64.2 Å². The maximum absolute atomic E-state index is 14.4. The largest absolute Gasteiger partial charge is 0.494 e. The normalized spacial score (nSPS) is 29.7. The van der Waals surface area contributed by atoms with E-state index in [0.29, 0.717) is 11.5 Å². The summed E-state index contributed by atoms with van der Waals surface area (Å²) < 4.78 is 33.4. The second-order valence-corrected chi connectivity index (χ2v) is 7.33. The van der Waals surface area contributed by atoms with Gasteiger partial charge in [-0.05, 0) is 61.0 Å². The van der Waals surface area contributed by atoms with E-state index in [1.165, 1.54) is 52.1 Å². The molecule has 0 spiro atoms. The highest BCUT2D eigenvalue weighted by Crippen LogP contribution is 2.56. The van der Waals surface area contributed by atoms with Crippen LogP contribution in [0.1, 0.15) is 69.8 Å². The number of benzene rings is 1. The molecule has 0 amide bonds. The van der Waals surface area contributed by atoms with Crippen LogP contribution in [0.15, 0.2) is 12.1 Å². The SMILES string of the molecule is CCCCCC1CCC2C(c3ccc(OC)c(F)c3F)CCC12. The van der Waals surface area contributed by atoms with Gasteiger partial charge in [-0.1, -0.05) is 38.7 Å². The zero-order chi connectivity index (χ0) is 16.4. The van der Waals surface area contributed by atoms with Crippen molar-refractivity contribution < 1.29 is 13.5 Å². The Labute approximate surface area is 138 Å². The molecule has 4 unspecified atom stereocenters. The number of hydrogen-bond donors (Lipinski definition) is 0. The summed E-state index contributed by atoms with van der Waals surface area (Å²) in [6.07, 6.45) is 9.85. The third-order valence-electron chi connectivity index (χ3n) is 6.23. The number of hydrogen-bond acceptors (Lipinski definition) is 1. The molecule has 3 heteroatoms. The molecule has 1 aromatic rings. The van der Waals surface area contributed by atoms with Crippen molar-refractivity contribution in [1.29, 1.82) is 0 Å². The van der Waals surface area contributed by atoms with E-state index in [0.717, 1.165) is 18.3 Å². The molecule has 1 nitrogen and oxygen atoms in total. The average Bonchev–Trinajstić information content (AvgIpc) is 3.13. The second-order valence-electron chi connectivity index (χ2n) is 7.33. The first-order valence-corrected chi connectivity index (χ1v) is 9.19. The van der Waals surface area contributed by atoms with E-state index in [2.05, 4.69) is 6.92 Å². The summed E-state index contributed by atoms with van der Waals surface area (Å²) >= 11 is 0. The molecular weight excluding hydrogens is 294 g/mol. The highest BCUT2D eigenvalue weighted by atomic mass is 19.2. The number of fused-ring (bicyclic) bond motifs is 1. The van der Waals surface area contributed by atoms with Crippen molar-refractivity contribution >= 4 is 0 Å². The molecule has 0 N–H and O–H groups in total. The molecule has 1 aromatic carbocycles. The molecule has 23 heavy (non-hydrogen) atoms. The molecule has 0 radical (unpaired) electrons.